The quantitative estimate of drug-likeness (QED) is 0.149. The summed E-state index contributed by atoms with van der Waals surface area (Å²) in [6, 6.07) is 21.7. The average Bonchev–Trinajstić information content (AvgIpc) is 2.98. The smallest absolute Gasteiger partial charge is 0.399 e. The highest BCUT2D eigenvalue weighted by Gasteiger charge is 2.30. The molecule has 0 atom stereocenters. The number of nitrogens with two attached hydrogens (primary N) is 1. The van der Waals surface area contributed by atoms with Crippen molar-refractivity contribution in [3.05, 3.63) is 108 Å². The van der Waals surface area contributed by atoms with Gasteiger partial charge in [0.15, 0.2) is 5.65 Å². The standard InChI is InChI=1S/C32H29F3N6OS/c1-19(2)26-12-11-25-29(40-26)38-18-39-30(25)41-27-17-21(6-13-28(27)43-24-9-7-23(36)8-10-24)31(42)37-15-14-20-4-3-5-22(16-20)32(33,34)35/h3-13,16-19H,14-15,36H2,1-2H3,(H,37,42)(H,38,39,40,41). The van der Waals surface area contributed by atoms with Crippen LogP contribution in [-0.2, 0) is 12.6 Å². The lowest BCUT2D eigenvalue weighted by Gasteiger charge is -2.15. The van der Waals surface area contributed by atoms with E-state index in [0.717, 1.165) is 33.0 Å². The molecule has 0 unspecified atom stereocenters. The van der Waals surface area contributed by atoms with Crippen LogP contribution in [-0.4, -0.2) is 27.4 Å². The first-order valence-corrected chi connectivity index (χ1v) is 14.4. The lowest BCUT2D eigenvalue weighted by molar-refractivity contribution is -0.137. The maximum absolute atomic E-state index is 13.1. The summed E-state index contributed by atoms with van der Waals surface area (Å²) in [7, 11) is 0. The molecule has 11 heteroatoms. The van der Waals surface area contributed by atoms with Crippen molar-refractivity contribution in [3.8, 4) is 0 Å². The molecule has 4 N–H and O–H groups in total. The predicted molar refractivity (Wildman–Crippen MR) is 164 cm³/mol. The SMILES string of the molecule is CC(C)c1ccc2c(Nc3cc(C(=O)NCCc4cccc(C(F)(F)F)c4)ccc3Sc3ccc(N)cc3)ncnc2n1. The number of rotatable bonds is 9. The van der Waals surface area contributed by atoms with Gasteiger partial charge in [-0.05, 0) is 78.6 Å². The summed E-state index contributed by atoms with van der Waals surface area (Å²) < 4.78 is 39.2. The highest BCUT2D eigenvalue weighted by atomic mass is 32.2. The van der Waals surface area contributed by atoms with E-state index in [9.17, 15) is 18.0 Å². The van der Waals surface area contributed by atoms with Gasteiger partial charge < -0.3 is 16.4 Å². The van der Waals surface area contributed by atoms with Crippen LogP contribution in [0.3, 0.4) is 0 Å². The van der Waals surface area contributed by atoms with E-state index in [2.05, 4.69) is 39.4 Å². The maximum Gasteiger partial charge on any atom is 0.416 e. The monoisotopic (exact) mass is 602 g/mol. The van der Waals surface area contributed by atoms with Crippen molar-refractivity contribution in [1.82, 2.24) is 20.3 Å². The fraction of sp³-hybridized carbons (Fsp3) is 0.188. The number of hydrogen-bond acceptors (Lipinski definition) is 7. The summed E-state index contributed by atoms with van der Waals surface area (Å²) in [5.74, 6) is 0.423. The zero-order chi connectivity index (χ0) is 30.6. The van der Waals surface area contributed by atoms with Crippen LogP contribution in [0.1, 0.15) is 46.9 Å². The third-order valence-corrected chi connectivity index (χ3v) is 7.75. The van der Waals surface area contributed by atoms with Gasteiger partial charge in [-0.25, -0.2) is 15.0 Å². The lowest BCUT2D eigenvalue weighted by atomic mass is 10.1. The summed E-state index contributed by atoms with van der Waals surface area (Å²) in [5, 5.41) is 6.91. The van der Waals surface area contributed by atoms with Crippen LogP contribution >= 0.6 is 11.8 Å². The van der Waals surface area contributed by atoms with Gasteiger partial charge in [-0.2, -0.15) is 13.2 Å². The van der Waals surface area contributed by atoms with Crippen LogP contribution in [0.4, 0.5) is 30.4 Å². The number of carbonyl (C=O) groups is 1. The number of nitrogens with one attached hydrogen (secondary N) is 2. The van der Waals surface area contributed by atoms with E-state index < -0.39 is 11.7 Å². The van der Waals surface area contributed by atoms with Crippen LogP contribution in [0, 0.1) is 0 Å². The number of halogens is 3. The number of fused-ring (bicyclic) bond motifs is 1. The molecule has 5 rings (SSSR count). The van der Waals surface area contributed by atoms with Crippen LogP contribution in [0.2, 0.25) is 0 Å². The Hall–Kier alpha value is -4.64. The highest BCUT2D eigenvalue weighted by Crippen LogP contribution is 2.37. The first-order chi connectivity index (χ1) is 20.6. The predicted octanol–water partition coefficient (Wildman–Crippen LogP) is 7.62. The van der Waals surface area contributed by atoms with E-state index >= 15 is 0 Å². The zero-order valence-corrected chi connectivity index (χ0v) is 24.3. The molecular weight excluding hydrogens is 573 g/mol. The van der Waals surface area contributed by atoms with Crippen LogP contribution in [0.15, 0.2) is 95.0 Å². The summed E-state index contributed by atoms with van der Waals surface area (Å²) in [6.45, 7) is 4.29. The van der Waals surface area contributed by atoms with Gasteiger partial charge in [-0.1, -0.05) is 43.8 Å². The summed E-state index contributed by atoms with van der Waals surface area (Å²) in [4.78, 5) is 28.4. The number of alkyl halides is 3. The third-order valence-electron chi connectivity index (χ3n) is 6.67. The van der Waals surface area contributed by atoms with E-state index in [1.54, 1.807) is 18.2 Å². The largest absolute Gasteiger partial charge is 0.416 e. The number of anilines is 3. The maximum atomic E-state index is 13.1. The Morgan fingerprint density at radius 3 is 2.51 bits per heavy atom. The molecule has 0 radical (unpaired) electrons. The van der Waals surface area contributed by atoms with E-state index in [1.807, 2.05) is 42.5 Å². The van der Waals surface area contributed by atoms with Gasteiger partial charge in [-0.15, -0.1) is 0 Å². The van der Waals surface area contributed by atoms with Gasteiger partial charge in [0.1, 0.15) is 12.1 Å². The van der Waals surface area contributed by atoms with Gasteiger partial charge in [0, 0.05) is 33.3 Å². The molecule has 0 bridgehead atoms. The van der Waals surface area contributed by atoms with Crippen molar-refractivity contribution in [1.29, 1.82) is 0 Å². The van der Waals surface area contributed by atoms with Crippen LogP contribution < -0.4 is 16.4 Å². The molecule has 3 aromatic carbocycles. The second-order valence-electron chi connectivity index (χ2n) is 10.2. The fourth-order valence-electron chi connectivity index (χ4n) is 4.35. The molecule has 2 aromatic heterocycles. The highest BCUT2D eigenvalue weighted by molar-refractivity contribution is 7.99. The summed E-state index contributed by atoms with van der Waals surface area (Å²) in [5.41, 5.74) is 8.77. The van der Waals surface area contributed by atoms with E-state index in [4.69, 9.17) is 5.73 Å². The first kappa shape index (κ1) is 29.8. The van der Waals surface area contributed by atoms with Gasteiger partial charge in [-0.3, -0.25) is 4.79 Å². The van der Waals surface area contributed by atoms with Crippen molar-refractivity contribution >= 4 is 45.9 Å². The minimum atomic E-state index is -4.42. The minimum absolute atomic E-state index is 0.172. The second kappa shape index (κ2) is 12.7. The topological polar surface area (TPSA) is 106 Å². The molecule has 43 heavy (non-hydrogen) atoms. The van der Waals surface area contributed by atoms with Crippen molar-refractivity contribution in [2.45, 2.75) is 42.2 Å². The van der Waals surface area contributed by atoms with Crippen molar-refractivity contribution in [2.75, 3.05) is 17.6 Å². The number of benzene rings is 3. The Balaban J connectivity index is 1.40. The molecule has 220 valence electrons. The van der Waals surface area contributed by atoms with Crippen LogP contribution in [0.25, 0.3) is 11.0 Å². The molecule has 0 aliphatic rings. The molecule has 1 amide bonds. The van der Waals surface area contributed by atoms with Crippen LogP contribution in [0.5, 0.6) is 0 Å². The van der Waals surface area contributed by atoms with Crippen molar-refractivity contribution in [2.24, 2.45) is 0 Å². The van der Waals surface area contributed by atoms with E-state index in [1.165, 1.54) is 24.2 Å². The Kier molecular flexibility index (Phi) is 8.81. The number of hydrogen-bond donors (Lipinski definition) is 3. The first-order valence-electron chi connectivity index (χ1n) is 13.6. The molecule has 0 aliphatic carbocycles. The van der Waals surface area contributed by atoms with E-state index in [-0.39, 0.29) is 24.8 Å². The summed E-state index contributed by atoms with van der Waals surface area (Å²) >= 11 is 1.49. The normalized spacial score (nSPS) is 11.6. The number of carbonyl (C=O) groups excluding carboxylic acids is 1. The molecule has 0 saturated carbocycles. The zero-order valence-electron chi connectivity index (χ0n) is 23.4. The fourth-order valence-corrected chi connectivity index (χ4v) is 5.23. The number of pyridine rings is 1. The van der Waals surface area contributed by atoms with Crippen molar-refractivity contribution in [3.63, 3.8) is 0 Å². The van der Waals surface area contributed by atoms with Gasteiger partial charge in [0.05, 0.1) is 16.6 Å². The molecule has 5 aromatic rings. The molecule has 0 fully saturated rings. The number of aromatic nitrogens is 3. The average molecular weight is 603 g/mol. The Bertz CT molecular complexity index is 1760. The van der Waals surface area contributed by atoms with Gasteiger partial charge >= 0.3 is 6.18 Å². The van der Waals surface area contributed by atoms with Crippen molar-refractivity contribution < 1.29 is 18.0 Å². The van der Waals surface area contributed by atoms with Gasteiger partial charge in [0.2, 0.25) is 0 Å². The number of amides is 1. The molecule has 2 heterocycles. The Labute approximate surface area is 251 Å². The second-order valence-corrected chi connectivity index (χ2v) is 11.3. The molecule has 7 nitrogen and oxygen atoms in total. The lowest BCUT2D eigenvalue weighted by Crippen LogP contribution is -2.25. The molecule has 0 aliphatic heterocycles. The Morgan fingerprint density at radius 2 is 1.77 bits per heavy atom. The third kappa shape index (κ3) is 7.42. The Morgan fingerprint density at radius 1 is 0.977 bits per heavy atom. The van der Waals surface area contributed by atoms with E-state index in [0.29, 0.717) is 34.0 Å². The number of nitrogen functional groups attached to an aromatic ring is 1. The molecule has 0 saturated heterocycles. The van der Waals surface area contributed by atoms with Gasteiger partial charge in [0.25, 0.3) is 5.91 Å². The molecule has 0 spiro atoms. The number of nitrogens with zero attached hydrogens (tertiary/aromatic N) is 3. The molecular formula is C32H29F3N6OS. The summed E-state index contributed by atoms with van der Waals surface area (Å²) in [6.07, 6.45) is -2.72. The minimum Gasteiger partial charge on any atom is -0.399 e.